The summed E-state index contributed by atoms with van der Waals surface area (Å²) in [4.78, 5) is 29.7. The first kappa shape index (κ1) is 20.4. The summed E-state index contributed by atoms with van der Waals surface area (Å²) in [6.45, 7) is 5.45. The molecule has 6 nitrogen and oxygen atoms in total. The number of carbonyl (C=O) groups is 2. The van der Waals surface area contributed by atoms with Crippen molar-refractivity contribution >= 4 is 17.4 Å². The summed E-state index contributed by atoms with van der Waals surface area (Å²) in [6.07, 6.45) is 4.88. The minimum Gasteiger partial charge on any atom is -0.497 e. The van der Waals surface area contributed by atoms with Gasteiger partial charge >= 0.3 is 0 Å². The van der Waals surface area contributed by atoms with Gasteiger partial charge in [-0.15, -0.1) is 0 Å². The summed E-state index contributed by atoms with van der Waals surface area (Å²) in [5.74, 6) is 0.349. The van der Waals surface area contributed by atoms with Gasteiger partial charge in [0.05, 0.1) is 12.7 Å². The van der Waals surface area contributed by atoms with Crippen molar-refractivity contribution in [3.63, 3.8) is 0 Å². The number of ether oxygens (including phenoxy) is 2. The largest absolute Gasteiger partial charge is 0.497 e. The highest BCUT2D eigenvalue weighted by molar-refractivity contribution is 6.35. The number of imide groups is 1. The molecule has 3 rings (SSSR count). The van der Waals surface area contributed by atoms with Gasteiger partial charge in [0.15, 0.2) is 0 Å². The standard InChI is InChI=1S/C22H30N2O4/c1-3-4-15-28-16-7-14-24-21(25)19(17-8-10-18(27-2)11-9-17)20(22(24)26)23-12-5-6-13-23/h8-11H,3-7,12-16H2,1-2H3. The smallest absolute Gasteiger partial charge is 0.277 e. The second-order valence-corrected chi connectivity index (χ2v) is 7.23. The third-order valence-electron chi connectivity index (χ3n) is 5.26. The quantitative estimate of drug-likeness (QED) is 0.457. The Morgan fingerprint density at radius 3 is 2.29 bits per heavy atom. The number of benzene rings is 1. The van der Waals surface area contributed by atoms with E-state index < -0.39 is 0 Å². The van der Waals surface area contributed by atoms with Crippen LogP contribution in [0.4, 0.5) is 0 Å². The minimum absolute atomic E-state index is 0.175. The van der Waals surface area contributed by atoms with E-state index in [9.17, 15) is 9.59 Å². The lowest BCUT2D eigenvalue weighted by Crippen LogP contribution is -2.35. The van der Waals surface area contributed by atoms with Gasteiger partial charge in [-0.1, -0.05) is 25.5 Å². The lowest BCUT2D eigenvalue weighted by Gasteiger charge is -2.20. The molecule has 2 aliphatic rings. The Bertz CT molecular complexity index is 721. The highest BCUT2D eigenvalue weighted by Gasteiger charge is 2.41. The number of hydrogen-bond acceptors (Lipinski definition) is 5. The van der Waals surface area contributed by atoms with E-state index in [1.807, 2.05) is 24.3 Å². The summed E-state index contributed by atoms with van der Waals surface area (Å²) < 4.78 is 10.8. The lowest BCUT2D eigenvalue weighted by molar-refractivity contribution is -0.137. The summed E-state index contributed by atoms with van der Waals surface area (Å²) >= 11 is 0. The molecule has 2 heterocycles. The first-order valence-electron chi connectivity index (χ1n) is 10.2. The van der Waals surface area contributed by atoms with Crippen molar-refractivity contribution in [3.8, 4) is 5.75 Å². The Kier molecular flexibility index (Phi) is 7.09. The number of nitrogens with zero attached hydrogens (tertiary/aromatic N) is 2. The van der Waals surface area contributed by atoms with Gasteiger partial charge in [-0.2, -0.15) is 0 Å². The Morgan fingerprint density at radius 2 is 1.64 bits per heavy atom. The van der Waals surface area contributed by atoms with Crippen molar-refractivity contribution in [2.75, 3.05) is 40.0 Å². The molecule has 0 bridgehead atoms. The zero-order chi connectivity index (χ0) is 19.9. The lowest BCUT2D eigenvalue weighted by atomic mass is 10.0. The van der Waals surface area contributed by atoms with E-state index in [4.69, 9.17) is 9.47 Å². The molecule has 0 N–H and O–H groups in total. The molecular formula is C22H30N2O4. The molecule has 0 aromatic heterocycles. The number of amides is 2. The van der Waals surface area contributed by atoms with Gasteiger partial charge in [0, 0.05) is 32.8 Å². The van der Waals surface area contributed by atoms with Crippen molar-refractivity contribution in [1.29, 1.82) is 0 Å². The molecule has 0 saturated carbocycles. The Balaban J connectivity index is 1.77. The number of carbonyl (C=O) groups excluding carboxylic acids is 2. The van der Waals surface area contributed by atoms with Crippen molar-refractivity contribution in [1.82, 2.24) is 9.80 Å². The van der Waals surface area contributed by atoms with Crippen LogP contribution in [0.1, 0.15) is 44.6 Å². The van der Waals surface area contributed by atoms with E-state index >= 15 is 0 Å². The molecule has 0 spiro atoms. The Labute approximate surface area is 167 Å². The number of likely N-dealkylation sites (tertiary alicyclic amines) is 1. The van der Waals surface area contributed by atoms with Crippen molar-refractivity contribution in [2.24, 2.45) is 0 Å². The molecule has 6 heteroatoms. The SMILES string of the molecule is CCCCOCCCN1C(=O)C(c2ccc(OC)cc2)=C(N2CCCC2)C1=O. The zero-order valence-electron chi connectivity index (χ0n) is 16.9. The predicted octanol–water partition coefficient (Wildman–Crippen LogP) is 3.08. The van der Waals surface area contributed by atoms with E-state index in [1.54, 1.807) is 7.11 Å². The third kappa shape index (κ3) is 4.38. The maximum absolute atomic E-state index is 13.2. The molecule has 1 fully saturated rings. The summed E-state index contributed by atoms with van der Waals surface area (Å²) in [6, 6.07) is 7.36. The fourth-order valence-corrected chi connectivity index (χ4v) is 3.69. The van der Waals surface area contributed by atoms with Crippen LogP contribution in [-0.2, 0) is 14.3 Å². The van der Waals surface area contributed by atoms with E-state index in [1.165, 1.54) is 4.90 Å². The molecule has 1 aromatic carbocycles. The minimum atomic E-state index is -0.203. The third-order valence-corrected chi connectivity index (χ3v) is 5.26. The maximum Gasteiger partial charge on any atom is 0.277 e. The summed E-state index contributed by atoms with van der Waals surface area (Å²) in [7, 11) is 1.61. The van der Waals surface area contributed by atoms with Gasteiger partial charge < -0.3 is 14.4 Å². The molecule has 1 saturated heterocycles. The van der Waals surface area contributed by atoms with Crippen LogP contribution in [0.15, 0.2) is 30.0 Å². The van der Waals surface area contributed by atoms with Crippen LogP contribution < -0.4 is 4.74 Å². The van der Waals surface area contributed by atoms with E-state index in [-0.39, 0.29) is 11.8 Å². The molecule has 2 aliphatic heterocycles. The molecule has 0 radical (unpaired) electrons. The predicted molar refractivity (Wildman–Crippen MR) is 108 cm³/mol. The molecule has 1 aromatic rings. The van der Waals surface area contributed by atoms with Gasteiger partial charge in [0.2, 0.25) is 0 Å². The number of rotatable bonds is 10. The average molecular weight is 386 g/mol. The van der Waals surface area contributed by atoms with Crippen molar-refractivity contribution < 1.29 is 19.1 Å². The second-order valence-electron chi connectivity index (χ2n) is 7.23. The van der Waals surface area contributed by atoms with E-state index in [2.05, 4.69) is 11.8 Å². The maximum atomic E-state index is 13.2. The first-order chi connectivity index (χ1) is 13.7. The monoisotopic (exact) mass is 386 g/mol. The fraction of sp³-hybridized carbons (Fsp3) is 0.545. The van der Waals surface area contributed by atoms with Crippen LogP contribution in [0.2, 0.25) is 0 Å². The van der Waals surface area contributed by atoms with Gasteiger partial charge in [-0.05, 0) is 43.4 Å². The van der Waals surface area contributed by atoms with Gasteiger partial charge in [-0.25, -0.2) is 0 Å². The van der Waals surface area contributed by atoms with Crippen LogP contribution in [0.25, 0.3) is 5.57 Å². The zero-order valence-corrected chi connectivity index (χ0v) is 16.9. The van der Waals surface area contributed by atoms with Crippen LogP contribution >= 0.6 is 0 Å². The number of methoxy groups -OCH3 is 1. The van der Waals surface area contributed by atoms with E-state index in [0.29, 0.717) is 30.8 Å². The molecule has 0 atom stereocenters. The number of hydrogen-bond donors (Lipinski definition) is 0. The van der Waals surface area contributed by atoms with Crippen LogP contribution in [0, 0.1) is 0 Å². The molecule has 28 heavy (non-hydrogen) atoms. The molecule has 0 unspecified atom stereocenters. The summed E-state index contributed by atoms with van der Waals surface area (Å²) in [5.41, 5.74) is 1.84. The molecular weight excluding hydrogens is 356 g/mol. The van der Waals surface area contributed by atoms with Crippen molar-refractivity contribution in [2.45, 2.75) is 39.0 Å². The van der Waals surface area contributed by atoms with E-state index in [0.717, 1.165) is 56.7 Å². The normalized spacial score (nSPS) is 17.2. The topological polar surface area (TPSA) is 59.1 Å². The Morgan fingerprint density at radius 1 is 0.964 bits per heavy atom. The van der Waals surface area contributed by atoms with Crippen LogP contribution in [0.5, 0.6) is 5.75 Å². The first-order valence-corrected chi connectivity index (χ1v) is 10.2. The molecule has 152 valence electrons. The van der Waals surface area contributed by atoms with Crippen LogP contribution in [-0.4, -0.2) is 61.6 Å². The van der Waals surface area contributed by atoms with Gasteiger partial charge in [-0.3, -0.25) is 14.5 Å². The molecule has 2 amide bonds. The van der Waals surface area contributed by atoms with Crippen LogP contribution in [0.3, 0.4) is 0 Å². The molecule has 0 aliphatic carbocycles. The van der Waals surface area contributed by atoms with Gasteiger partial charge in [0.25, 0.3) is 11.8 Å². The highest BCUT2D eigenvalue weighted by Crippen LogP contribution is 2.34. The van der Waals surface area contributed by atoms with Gasteiger partial charge in [0.1, 0.15) is 11.4 Å². The average Bonchev–Trinajstić information content (AvgIpc) is 3.32. The highest BCUT2D eigenvalue weighted by atomic mass is 16.5. The summed E-state index contributed by atoms with van der Waals surface area (Å²) in [5, 5.41) is 0. The Hall–Kier alpha value is -2.34. The number of unbranched alkanes of at least 4 members (excludes halogenated alkanes) is 1. The fourth-order valence-electron chi connectivity index (χ4n) is 3.69. The van der Waals surface area contributed by atoms with Crippen molar-refractivity contribution in [3.05, 3.63) is 35.5 Å². The second kappa shape index (κ2) is 9.73.